The van der Waals surface area contributed by atoms with Gasteiger partial charge in [0.15, 0.2) is 0 Å². The number of benzene rings is 1. The van der Waals surface area contributed by atoms with Crippen LogP contribution >= 0.6 is 0 Å². The van der Waals surface area contributed by atoms with E-state index in [0.717, 1.165) is 19.4 Å². The predicted octanol–water partition coefficient (Wildman–Crippen LogP) is 0.950. The van der Waals surface area contributed by atoms with Crippen LogP contribution in [0.2, 0.25) is 0 Å². The topological polar surface area (TPSA) is 90.9 Å². The van der Waals surface area contributed by atoms with E-state index >= 15 is 0 Å². The molecule has 1 aromatic carbocycles. The zero-order chi connectivity index (χ0) is 16.7. The van der Waals surface area contributed by atoms with Crippen LogP contribution in [0.15, 0.2) is 24.3 Å². The third kappa shape index (κ3) is 5.81. The molecular weight excluding hydrogens is 322 g/mol. The first-order chi connectivity index (χ1) is 11.0. The van der Waals surface area contributed by atoms with Crippen molar-refractivity contribution in [3.05, 3.63) is 29.8 Å². The number of hydrogen-bond acceptors (Lipinski definition) is 6. The van der Waals surface area contributed by atoms with Crippen molar-refractivity contribution in [3.63, 3.8) is 0 Å². The Morgan fingerprint density at radius 3 is 2.70 bits per heavy atom. The Balaban J connectivity index is 1.86. The van der Waals surface area contributed by atoms with E-state index in [1.54, 1.807) is 12.1 Å². The van der Waals surface area contributed by atoms with E-state index in [0.29, 0.717) is 12.4 Å². The van der Waals surface area contributed by atoms with E-state index in [-0.39, 0.29) is 24.0 Å². The number of carbonyl (C=O) groups is 1. The van der Waals surface area contributed by atoms with Gasteiger partial charge in [0.2, 0.25) is 10.0 Å². The van der Waals surface area contributed by atoms with Crippen molar-refractivity contribution in [3.8, 4) is 5.75 Å². The van der Waals surface area contributed by atoms with Crippen LogP contribution in [0, 0.1) is 0 Å². The first-order valence-electron chi connectivity index (χ1n) is 7.38. The molecule has 23 heavy (non-hydrogen) atoms. The summed E-state index contributed by atoms with van der Waals surface area (Å²) in [4.78, 5) is 11.9. The van der Waals surface area contributed by atoms with Crippen LogP contribution in [0.25, 0.3) is 0 Å². The molecule has 1 aromatic rings. The van der Waals surface area contributed by atoms with E-state index in [2.05, 4.69) is 0 Å². The number of methoxy groups -OCH3 is 1. The Morgan fingerprint density at radius 1 is 1.35 bits per heavy atom. The molecular formula is C15H21NO6S. The van der Waals surface area contributed by atoms with Crippen molar-refractivity contribution >= 4 is 15.9 Å². The summed E-state index contributed by atoms with van der Waals surface area (Å²) < 4.78 is 41.0. The third-order valence-corrected chi connectivity index (χ3v) is 4.58. The molecule has 1 heterocycles. The van der Waals surface area contributed by atoms with Gasteiger partial charge in [-0.15, -0.1) is 0 Å². The Labute approximate surface area is 136 Å². The first kappa shape index (κ1) is 17.7. The van der Waals surface area contributed by atoms with Gasteiger partial charge in [0, 0.05) is 19.3 Å². The minimum Gasteiger partial charge on any atom is -0.491 e. The fourth-order valence-electron chi connectivity index (χ4n) is 2.11. The Bertz CT molecular complexity index is 607. The van der Waals surface area contributed by atoms with Crippen LogP contribution in [0.3, 0.4) is 0 Å². The SMILES string of the molecule is COCCS(=O)(=O)NC(=O)c1ccc(OC[C@H]2CCCO2)cc1. The number of nitrogens with one attached hydrogen (secondary N) is 1. The van der Waals surface area contributed by atoms with Crippen molar-refractivity contribution in [2.24, 2.45) is 0 Å². The zero-order valence-electron chi connectivity index (χ0n) is 13.0. The lowest BCUT2D eigenvalue weighted by molar-refractivity contribution is 0.0679. The summed E-state index contributed by atoms with van der Waals surface area (Å²) >= 11 is 0. The Hall–Kier alpha value is -1.64. The molecule has 1 atom stereocenters. The fraction of sp³-hybridized carbons (Fsp3) is 0.533. The van der Waals surface area contributed by atoms with Gasteiger partial charge in [-0.3, -0.25) is 4.79 Å². The van der Waals surface area contributed by atoms with Crippen LogP contribution in [0.4, 0.5) is 0 Å². The quantitative estimate of drug-likeness (QED) is 0.756. The normalized spacial score (nSPS) is 17.9. The lowest BCUT2D eigenvalue weighted by Crippen LogP contribution is -2.33. The molecule has 0 radical (unpaired) electrons. The largest absolute Gasteiger partial charge is 0.491 e. The van der Waals surface area contributed by atoms with Gasteiger partial charge in [0.1, 0.15) is 12.4 Å². The van der Waals surface area contributed by atoms with Crippen molar-refractivity contribution in [1.82, 2.24) is 4.72 Å². The highest BCUT2D eigenvalue weighted by Gasteiger charge is 2.17. The third-order valence-electron chi connectivity index (χ3n) is 3.38. The summed E-state index contributed by atoms with van der Waals surface area (Å²) in [6.07, 6.45) is 2.15. The second kappa shape index (κ2) is 8.28. The zero-order valence-corrected chi connectivity index (χ0v) is 13.8. The van der Waals surface area contributed by atoms with E-state index in [9.17, 15) is 13.2 Å². The maximum atomic E-state index is 11.9. The van der Waals surface area contributed by atoms with E-state index < -0.39 is 15.9 Å². The molecule has 0 aromatic heterocycles. The molecule has 8 heteroatoms. The number of amides is 1. The van der Waals surface area contributed by atoms with Gasteiger partial charge >= 0.3 is 0 Å². The van der Waals surface area contributed by atoms with Gasteiger partial charge in [-0.05, 0) is 37.1 Å². The molecule has 1 fully saturated rings. The first-order valence-corrected chi connectivity index (χ1v) is 9.03. The summed E-state index contributed by atoms with van der Waals surface area (Å²) in [6.45, 7) is 1.26. The van der Waals surface area contributed by atoms with E-state index in [1.807, 2.05) is 4.72 Å². The summed E-state index contributed by atoms with van der Waals surface area (Å²) in [6, 6.07) is 6.30. The Kier molecular flexibility index (Phi) is 6.37. The van der Waals surface area contributed by atoms with Gasteiger partial charge in [-0.2, -0.15) is 0 Å². The van der Waals surface area contributed by atoms with Crippen molar-refractivity contribution < 1.29 is 27.4 Å². The van der Waals surface area contributed by atoms with Crippen LogP contribution in [0.5, 0.6) is 5.75 Å². The molecule has 1 aliphatic rings. The van der Waals surface area contributed by atoms with Gasteiger partial charge in [-0.1, -0.05) is 0 Å². The van der Waals surface area contributed by atoms with Gasteiger partial charge in [-0.25, -0.2) is 13.1 Å². The summed E-state index contributed by atoms with van der Waals surface area (Å²) in [5.41, 5.74) is 0.246. The minimum absolute atomic E-state index is 0.0264. The second-order valence-electron chi connectivity index (χ2n) is 5.21. The minimum atomic E-state index is -3.69. The van der Waals surface area contributed by atoms with Crippen molar-refractivity contribution in [1.29, 1.82) is 0 Å². The van der Waals surface area contributed by atoms with Crippen LogP contribution in [0.1, 0.15) is 23.2 Å². The van der Waals surface area contributed by atoms with Gasteiger partial charge < -0.3 is 14.2 Å². The van der Waals surface area contributed by atoms with E-state index in [4.69, 9.17) is 14.2 Å². The summed E-state index contributed by atoms with van der Waals surface area (Å²) in [7, 11) is -2.30. The van der Waals surface area contributed by atoms with Crippen molar-refractivity contribution in [2.45, 2.75) is 18.9 Å². The van der Waals surface area contributed by atoms with Gasteiger partial charge in [0.05, 0.1) is 18.5 Å². The number of sulfonamides is 1. The highest BCUT2D eigenvalue weighted by molar-refractivity contribution is 7.90. The van der Waals surface area contributed by atoms with Crippen LogP contribution < -0.4 is 9.46 Å². The number of carbonyl (C=O) groups excluding carboxylic acids is 1. The molecule has 2 rings (SSSR count). The molecule has 0 saturated carbocycles. The molecule has 0 unspecified atom stereocenters. The van der Waals surface area contributed by atoms with Crippen LogP contribution in [-0.2, 0) is 19.5 Å². The number of rotatable bonds is 8. The number of hydrogen-bond donors (Lipinski definition) is 1. The fourth-order valence-corrected chi connectivity index (χ4v) is 3.00. The molecule has 0 bridgehead atoms. The monoisotopic (exact) mass is 343 g/mol. The highest BCUT2D eigenvalue weighted by Crippen LogP contribution is 2.16. The lowest BCUT2D eigenvalue weighted by atomic mass is 10.2. The Morgan fingerprint density at radius 2 is 2.09 bits per heavy atom. The summed E-state index contributed by atoms with van der Waals surface area (Å²) in [5, 5.41) is 0. The maximum absolute atomic E-state index is 11.9. The smallest absolute Gasteiger partial charge is 0.264 e. The lowest BCUT2D eigenvalue weighted by Gasteiger charge is -2.12. The maximum Gasteiger partial charge on any atom is 0.264 e. The van der Waals surface area contributed by atoms with Crippen molar-refractivity contribution in [2.75, 3.05) is 32.7 Å². The molecule has 0 spiro atoms. The molecule has 128 valence electrons. The average molecular weight is 343 g/mol. The van der Waals surface area contributed by atoms with Crippen LogP contribution in [-0.4, -0.2) is 53.1 Å². The van der Waals surface area contributed by atoms with Gasteiger partial charge in [0.25, 0.3) is 5.91 Å². The number of ether oxygens (including phenoxy) is 3. The predicted molar refractivity (Wildman–Crippen MR) is 84.0 cm³/mol. The molecule has 7 nitrogen and oxygen atoms in total. The molecule has 1 saturated heterocycles. The van der Waals surface area contributed by atoms with E-state index in [1.165, 1.54) is 19.2 Å². The highest BCUT2D eigenvalue weighted by atomic mass is 32.2. The average Bonchev–Trinajstić information content (AvgIpc) is 3.04. The molecule has 1 aliphatic heterocycles. The standard InChI is InChI=1S/C15H21NO6S/c1-20-9-10-23(18,19)16-15(17)12-4-6-13(7-5-12)22-11-14-3-2-8-21-14/h4-7,14H,2-3,8-11H2,1H3,(H,16,17)/t14-/m1/s1. The molecule has 1 amide bonds. The molecule has 1 N–H and O–H groups in total. The second-order valence-corrected chi connectivity index (χ2v) is 7.06. The molecule has 0 aliphatic carbocycles. The summed E-state index contributed by atoms with van der Waals surface area (Å²) in [5.74, 6) is -0.330.